The van der Waals surface area contributed by atoms with Gasteiger partial charge in [-0.25, -0.2) is 9.59 Å². The maximum absolute atomic E-state index is 12.4. The predicted molar refractivity (Wildman–Crippen MR) is 92.9 cm³/mol. The number of aromatic nitrogens is 2. The molecule has 0 aliphatic carbocycles. The molecule has 3 N–H and O–H groups in total. The Bertz CT molecular complexity index is 1010. The average molecular weight is 356 g/mol. The molecule has 0 saturated heterocycles. The van der Waals surface area contributed by atoms with Gasteiger partial charge in [-0.15, -0.1) is 0 Å². The maximum atomic E-state index is 12.4. The van der Waals surface area contributed by atoms with Crippen LogP contribution in [0.15, 0.2) is 45.7 Å². The lowest BCUT2D eigenvalue weighted by molar-refractivity contribution is 0.102. The highest BCUT2D eigenvalue weighted by Gasteiger charge is 2.10. The summed E-state index contributed by atoms with van der Waals surface area (Å²) in [5.74, 6) is -0.911. The number of rotatable bonds is 5. The van der Waals surface area contributed by atoms with Gasteiger partial charge in [0.05, 0.1) is 24.4 Å². The third-order valence-electron chi connectivity index (χ3n) is 3.44. The highest BCUT2D eigenvalue weighted by Crippen LogP contribution is 2.17. The molecule has 26 heavy (non-hydrogen) atoms. The number of nitrogens with one attached hydrogen (secondary N) is 3. The van der Waals surface area contributed by atoms with Crippen LogP contribution < -0.4 is 16.4 Å². The highest BCUT2D eigenvalue weighted by molar-refractivity contribution is 6.04. The first kappa shape index (κ1) is 17.2. The zero-order valence-corrected chi connectivity index (χ0v) is 13.9. The van der Waals surface area contributed by atoms with Gasteiger partial charge in [-0.2, -0.15) is 0 Å². The number of oxazole rings is 1. The predicted octanol–water partition coefficient (Wildman–Crippen LogP) is 2.01. The number of benzene rings is 1. The van der Waals surface area contributed by atoms with Gasteiger partial charge in [0.15, 0.2) is 5.58 Å². The van der Waals surface area contributed by atoms with Crippen molar-refractivity contribution in [3.8, 4) is 0 Å². The van der Waals surface area contributed by atoms with Crippen LogP contribution in [0.25, 0.3) is 11.1 Å². The molecule has 0 fully saturated rings. The number of hydrogen-bond acceptors (Lipinski definition) is 6. The fourth-order valence-electron chi connectivity index (χ4n) is 2.29. The van der Waals surface area contributed by atoms with Gasteiger partial charge < -0.3 is 19.8 Å². The number of carbonyl (C=O) groups excluding carboxylic acids is 2. The first-order chi connectivity index (χ1) is 12.5. The van der Waals surface area contributed by atoms with E-state index in [9.17, 15) is 14.4 Å². The van der Waals surface area contributed by atoms with Crippen LogP contribution in [-0.4, -0.2) is 28.6 Å². The first-order valence-electron chi connectivity index (χ1n) is 7.85. The molecule has 0 saturated carbocycles. The van der Waals surface area contributed by atoms with Gasteiger partial charge in [0.25, 0.3) is 5.91 Å². The number of H-pyrrole nitrogens is 1. The molecule has 0 spiro atoms. The Morgan fingerprint density at radius 2 is 2.12 bits per heavy atom. The summed E-state index contributed by atoms with van der Waals surface area (Å²) >= 11 is 0. The molecule has 2 heterocycles. The minimum Gasteiger partial charge on any atom is -0.450 e. The Labute approximate surface area is 147 Å². The second kappa shape index (κ2) is 7.51. The van der Waals surface area contributed by atoms with Gasteiger partial charge in [-0.3, -0.25) is 14.8 Å². The van der Waals surface area contributed by atoms with E-state index in [1.54, 1.807) is 37.3 Å². The number of carbonyl (C=O) groups is 2. The summed E-state index contributed by atoms with van der Waals surface area (Å²) in [6.07, 6.45) is 0.931. The van der Waals surface area contributed by atoms with Crippen molar-refractivity contribution in [2.45, 2.75) is 13.5 Å². The molecule has 0 unspecified atom stereocenters. The maximum Gasteiger partial charge on any atom is 0.417 e. The van der Waals surface area contributed by atoms with Crippen molar-refractivity contribution in [3.63, 3.8) is 0 Å². The summed E-state index contributed by atoms with van der Waals surface area (Å²) in [5, 5.41) is 5.27. The molecule has 3 aromatic rings. The Morgan fingerprint density at radius 3 is 2.92 bits per heavy atom. The molecule has 0 aliphatic heterocycles. The van der Waals surface area contributed by atoms with E-state index in [0.717, 1.165) is 0 Å². The van der Waals surface area contributed by atoms with E-state index in [4.69, 9.17) is 9.15 Å². The zero-order valence-electron chi connectivity index (χ0n) is 13.9. The monoisotopic (exact) mass is 356 g/mol. The molecule has 3 rings (SSSR count). The largest absolute Gasteiger partial charge is 0.450 e. The molecule has 134 valence electrons. The number of ether oxygens (including phenoxy) is 1. The van der Waals surface area contributed by atoms with Crippen molar-refractivity contribution in [3.05, 3.63) is 58.3 Å². The normalized spacial score (nSPS) is 10.5. The molecule has 9 nitrogen and oxygen atoms in total. The van der Waals surface area contributed by atoms with Crippen LogP contribution in [0.1, 0.15) is 23.0 Å². The van der Waals surface area contributed by atoms with E-state index >= 15 is 0 Å². The van der Waals surface area contributed by atoms with E-state index in [1.807, 2.05) is 0 Å². The number of nitrogens with zero attached hydrogens (tertiary/aromatic N) is 1. The lowest BCUT2D eigenvalue weighted by Gasteiger charge is -2.08. The van der Waals surface area contributed by atoms with Crippen molar-refractivity contribution in [1.82, 2.24) is 15.3 Å². The topological polar surface area (TPSA) is 126 Å². The lowest BCUT2D eigenvalue weighted by Crippen LogP contribution is -2.24. The van der Waals surface area contributed by atoms with Gasteiger partial charge in [-0.05, 0) is 37.3 Å². The minimum absolute atomic E-state index is 0.141. The van der Waals surface area contributed by atoms with Gasteiger partial charge >= 0.3 is 11.8 Å². The van der Waals surface area contributed by atoms with Gasteiger partial charge in [0, 0.05) is 17.4 Å². The number of fused-ring (bicyclic) bond motifs is 1. The van der Waals surface area contributed by atoms with E-state index < -0.39 is 11.8 Å². The van der Waals surface area contributed by atoms with Gasteiger partial charge in [0.1, 0.15) is 0 Å². The van der Waals surface area contributed by atoms with Crippen molar-refractivity contribution in [2.75, 3.05) is 11.9 Å². The quantitative estimate of drug-likeness (QED) is 0.642. The first-order valence-corrected chi connectivity index (χ1v) is 7.85. The second-order valence-corrected chi connectivity index (χ2v) is 5.29. The second-order valence-electron chi connectivity index (χ2n) is 5.29. The summed E-state index contributed by atoms with van der Waals surface area (Å²) in [7, 11) is 0. The average Bonchev–Trinajstić information content (AvgIpc) is 3.00. The third-order valence-corrected chi connectivity index (χ3v) is 3.44. The summed E-state index contributed by atoms with van der Waals surface area (Å²) in [6, 6.07) is 7.94. The SMILES string of the molecule is CCOC(=O)NCc1cc(C(=O)Nc2ccc3oc(=O)[nH]c3c2)ccn1. The smallest absolute Gasteiger partial charge is 0.417 e. The summed E-state index contributed by atoms with van der Waals surface area (Å²) in [5.41, 5.74) is 2.29. The number of anilines is 1. The molecule has 2 amide bonds. The Kier molecular flexibility index (Phi) is 4.97. The third kappa shape index (κ3) is 4.07. The Balaban J connectivity index is 1.69. The lowest BCUT2D eigenvalue weighted by atomic mass is 10.2. The van der Waals surface area contributed by atoms with Crippen LogP contribution >= 0.6 is 0 Å². The number of hydrogen-bond donors (Lipinski definition) is 3. The highest BCUT2D eigenvalue weighted by atomic mass is 16.5. The molecular formula is C17H16N4O5. The zero-order chi connectivity index (χ0) is 18.5. The number of amides is 2. The van der Waals surface area contributed by atoms with E-state index in [1.165, 1.54) is 6.20 Å². The van der Waals surface area contributed by atoms with E-state index in [0.29, 0.717) is 28.0 Å². The summed E-state index contributed by atoms with van der Waals surface area (Å²) < 4.78 is 9.68. The van der Waals surface area contributed by atoms with Crippen LogP contribution in [0.3, 0.4) is 0 Å². The van der Waals surface area contributed by atoms with Crippen LogP contribution in [0.4, 0.5) is 10.5 Å². The molecule has 0 atom stereocenters. The molecule has 0 radical (unpaired) electrons. The number of aromatic amines is 1. The molecule has 9 heteroatoms. The van der Waals surface area contributed by atoms with Crippen LogP contribution in [0.5, 0.6) is 0 Å². The van der Waals surface area contributed by atoms with E-state index in [-0.39, 0.29) is 19.1 Å². The number of alkyl carbamates (subject to hydrolysis) is 1. The van der Waals surface area contributed by atoms with E-state index in [2.05, 4.69) is 20.6 Å². The van der Waals surface area contributed by atoms with Gasteiger partial charge in [-0.1, -0.05) is 0 Å². The molecule has 1 aromatic carbocycles. The fourth-order valence-corrected chi connectivity index (χ4v) is 2.29. The fraction of sp³-hybridized carbons (Fsp3) is 0.176. The summed E-state index contributed by atoms with van der Waals surface area (Å²) in [6.45, 7) is 2.12. The molecule has 0 aliphatic rings. The van der Waals surface area contributed by atoms with Crippen molar-refractivity contribution in [1.29, 1.82) is 0 Å². The van der Waals surface area contributed by atoms with Crippen LogP contribution in [0.2, 0.25) is 0 Å². The molecule has 0 bridgehead atoms. The Hall–Kier alpha value is -3.62. The van der Waals surface area contributed by atoms with Crippen molar-refractivity contribution in [2.24, 2.45) is 0 Å². The number of pyridine rings is 1. The van der Waals surface area contributed by atoms with Gasteiger partial charge in [0.2, 0.25) is 0 Å². The standard InChI is InChI=1S/C17H16N4O5/c1-2-25-16(23)19-9-12-7-10(5-6-18-12)15(22)20-11-3-4-14-13(8-11)21-17(24)26-14/h3-8H,2,9H2,1H3,(H,19,23)(H,20,22)(H,21,24). The van der Waals surface area contributed by atoms with Crippen molar-refractivity contribution >= 4 is 28.8 Å². The Morgan fingerprint density at radius 1 is 1.27 bits per heavy atom. The minimum atomic E-state index is -0.559. The summed E-state index contributed by atoms with van der Waals surface area (Å²) in [4.78, 5) is 41.5. The van der Waals surface area contributed by atoms with Crippen LogP contribution in [0, 0.1) is 0 Å². The van der Waals surface area contributed by atoms with Crippen LogP contribution in [-0.2, 0) is 11.3 Å². The molecule has 2 aromatic heterocycles. The van der Waals surface area contributed by atoms with Crippen molar-refractivity contribution < 1.29 is 18.7 Å². The molecular weight excluding hydrogens is 340 g/mol.